The Bertz CT molecular complexity index is 568. The number of amides is 1. The second-order valence-electron chi connectivity index (χ2n) is 5.89. The molecule has 6 nitrogen and oxygen atoms in total. The van der Waals surface area contributed by atoms with E-state index in [-0.39, 0.29) is 12.2 Å². The van der Waals surface area contributed by atoms with Crippen molar-refractivity contribution in [3.63, 3.8) is 0 Å². The first-order chi connectivity index (χ1) is 10.7. The summed E-state index contributed by atoms with van der Waals surface area (Å²) in [6.07, 6.45) is -0.686. The third-order valence-corrected chi connectivity index (χ3v) is 2.83. The Morgan fingerprint density at radius 3 is 2.39 bits per heavy atom. The molecule has 1 aromatic carbocycles. The van der Waals surface area contributed by atoms with Crippen LogP contribution < -0.4 is 10.1 Å². The van der Waals surface area contributed by atoms with Gasteiger partial charge in [-0.3, -0.25) is 0 Å². The third-order valence-electron chi connectivity index (χ3n) is 2.83. The van der Waals surface area contributed by atoms with Gasteiger partial charge in [-0.25, -0.2) is 14.0 Å². The van der Waals surface area contributed by atoms with E-state index in [1.807, 2.05) is 0 Å². The topological polar surface area (TPSA) is 73.9 Å². The Hall–Kier alpha value is -2.31. The number of carbonyl (C=O) groups excluding carboxylic acids is 2. The molecule has 1 aromatic rings. The van der Waals surface area contributed by atoms with E-state index >= 15 is 0 Å². The number of hydrogen-bond acceptors (Lipinski definition) is 5. The van der Waals surface area contributed by atoms with Crippen LogP contribution in [0.5, 0.6) is 5.75 Å². The Morgan fingerprint density at radius 2 is 1.91 bits per heavy atom. The van der Waals surface area contributed by atoms with Gasteiger partial charge in [-0.1, -0.05) is 6.07 Å². The molecule has 1 N–H and O–H groups in total. The molecule has 1 atom stereocenters. The predicted molar refractivity (Wildman–Crippen MR) is 81.8 cm³/mol. The van der Waals surface area contributed by atoms with Crippen LogP contribution in [-0.4, -0.2) is 37.9 Å². The standard InChI is InChI=1S/C16H22FNO5/c1-16(2,3)23-15(20)18-12(14(19)22-5)9-10-6-7-13(21-4)11(17)8-10/h6-8,12H,9H2,1-5H3,(H,18,20)/t12-/m0/s1. The molecule has 0 saturated heterocycles. The minimum Gasteiger partial charge on any atom is -0.494 e. The van der Waals surface area contributed by atoms with Crippen molar-refractivity contribution in [2.45, 2.75) is 38.8 Å². The fourth-order valence-corrected chi connectivity index (χ4v) is 1.86. The van der Waals surface area contributed by atoms with Gasteiger partial charge in [-0.2, -0.15) is 0 Å². The van der Waals surface area contributed by atoms with Gasteiger partial charge >= 0.3 is 12.1 Å². The van der Waals surface area contributed by atoms with Crippen LogP contribution in [0.1, 0.15) is 26.3 Å². The molecule has 0 saturated carbocycles. The Labute approximate surface area is 134 Å². The van der Waals surface area contributed by atoms with Gasteiger partial charge in [-0.05, 0) is 38.5 Å². The number of alkyl carbamates (subject to hydrolysis) is 1. The molecular formula is C16H22FNO5. The van der Waals surface area contributed by atoms with Crippen molar-refractivity contribution in [3.05, 3.63) is 29.6 Å². The summed E-state index contributed by atoms with van der Waals surface area (Å²) in [7, 11) is 2.57. The number of hydrogen-bond donors (Lipinski definition) is 1. The van der Waals surface area contributed by atoms with Gasteiger partial charge in [0.05, 0.1) is 14.2 Å². The summed E-state index contributed by atoms with van der Waals surface area (Å²) in [5.74, 6) is -1.10. The highest BCUT2D eigenvalue weighted by Gasteiger charge is 2.25. The van der Waals surface area contributed by atoms with E-state index in [0.29, 0.717) is 5.56 Å². The second kappa shape index (κ2) is 7.80. The minimum absolute atomic E-state index is 0.0623. The zero-order valence-corrected chi connectivity index (χ0v) is 13.9. The Morgan fingerprint density at radius 1 is 1.26 bits per heavy atom. The average Bonchev–Trinajstić information content (AvgIpc) is 2.44. The van der Waals surface area contributed by atoms with Crippen LogP contribution in [0.3, 0.4) is 0 Å². The first-order valence-corrected chi connectivity index (χ1v) is 7.06. The largest absolute Gasteiger partial charge is 0.494 e. The summed E-state index contributed by atoms with van der Waals surface area (Å²) in [5.41, 5.74) is -0.188. The third kappa shape index (κ3) is 6.14. The van der Waals surface area contributed by atoms with E-state index in [4.69, 9.17) is 9.47 Å². The molecule has 0 aliphatic heterocycles. The number of nitrogens with one attached hydrogen (secondary N) is 1. The summed E-state index contributed by atoms with van der Waals surface area (Å²) < 4.78 is 28.3. The first kappa shape index (κ1) is 18.7. The zero-order chi connectivity index (χ0) is 17.6. The van der Waals surface area contributed by atoms with Crippen molar-refractivity contribution in [1.29, 1.82) is 0 Å². The van der Waals surface area contributed by atoms with E-state index in [2.05, 4.69) is 10.1 Å². The monoisotopic (exact) mass is 327 g/mol. The van der Waals surface area contributed by atoms with Gasteiger partial charge in [0.1, 0.15) is 11.6 Å². The molecule has 1 amide bonds. The maximum Gasteiger partial charge on any atom is 0.408 e. The van der Waals surface area contributed by atoms with E-state index in [0.717, 1.165) is 0 Å². The van der Waals surface area contributed by atoms with Crippen molar-refractivity contribution >= 4 is 12.1 Å². The zero-order valence-electron chi connectivity index (χ0n) is 13.9. The van der Waals surface area contributed by atoms with Crippen molar-refractivity contribution in [1.82, 2.24) is 5.32 Å². The van der Waals surface area contributed by atoms with E-state index in [1.165, 1.54) is 26.4 Å². The normalized spacial score (nSPS) is 12.3. The molecule has 0 unspecified atom stereocenters. The van der Waals surface area contributed by atoms with E-state index in [9.17, 15) is 14.0 Å². The molecule has 0 fully saturated rings. The molecule has 7 heteroatoms. The number of carbonyl (C=O) groups is 2. The van der Waals surface area contributed by atoms with Gasteiger partial charge in [0, 0.05) is 6.42 Å². The molecule has 23 heavy (non-hydrogen) atoms. The number of rotatable bonds is 5. The number of esters is 1. The molecule has 0 aliphatic rings. The van der Waals surface area contributed by atoms with Crippen molar-refractivity contribution in [2.75, 3.05) is 14.2 Å². The lowest BCUT2D eigenvalue weighted by Gasteiger charge is -2.22. The molecule has 0 spiro atoms. The van der Waals surface area contributed by atoms with Crippen LogP contribution >= 0.6 is 0 Å². The highest BCUT2D eigenvalue weighted by atomic mass is 19.1. The van der Waals surface area contributed by atoms with Crippen molar-refractivity contribution in [3.8, 4) is 5.75 Å². The summed E-state index contributed by atoms with van der Waals surface area (Å²) in [6.45, 7) is 5.12. The number of benzene rings is 1. The molecule has 0 radical (unpaired) electrons. The van der Waals surface area contributed by atoms with Crippen LogP contribution in [-0.2, 0) is 20.7 Å². The number of halogens is 1. The molecule has 128 valence electrons. The van der Waals surface area contributed by atoms with Crippen LogP contribution in [0.15, 0.2) is 18.2 Å². The fraction of sp³-hybridized carbons (Fsp3) is 0.500. The lowest BCUT2D eigenvalue weighted by atomic mass is 10.1. The molecule has 0 bridgehead atoms. The van der Waals surface area contributed by atoms with Crippen molar-refractivity contribution in [2.24, 2.45) is 0 Å². The Balaban J connectivity index is 2.85. The minimum atomic E-state index is -0.984. The summed E-state index contributed by atoms with van der Waals surface area (Å²) in [5, 5.41) is 2.43. The van der Waals surface area contributed by atoms with Crippen LogP contribution in [0.4, 0.5) is 9.18 Å². The highest BCUT2D eigenvalue weighted by molar-refractivity contribution is 5.81. The molecular weight excluding hydrogens is 305 g/mol. The lowest BCUT2D eigenvalue weighted by molar-refractivity contribution is -0.143. The SMILES string of the molecule is COC(=O)[C@H](Cc1ccc(OC)c(F)c1)NC(=O)OC(C)(C)C. The number of methoxy groups -OCH3 is 2. The van der Waals surface area contributed by atoms with E-state index < -0.39 is 29.5 Å². The summed E-state index contributed by atoms with van der Waals surface area (Å²) in [4.78, 5) is 23.6. The Kier molecular flexibility index (Phi) is 6.36. The lowest BCUT2D eigenvalue weighted by Crippen LogP contribution is -2.45. The molecule has 0 aromatic heterocycles. The predicted octanol–water partition coefficient (Wildman–Crippen LogP) is 2.44. The van der Waals surface area contributed by atoms with Crippen LogP contribution in [0, 0.1) is 5.82 Å². The van der Waals surface area contributed by atoms with Gasteiger partial charge in [0.15, 0.2) is 11.6 Å². The maximum atomic E-state index is 13.7. The van der Waals surface area contributed by atoms with Crippen LogP contribution in [0.2, 0.25) is 0 Å². The summed E-state index contributed by atoms with van der Waals surface area (Å²) >= 11 is 0. The molecule has 0 aliphatic carbocycles. The van der Waals surface area contributed by atoms with Crippen LogP contribution in [0.25, 0.3) is 0 Å². The molecule has 0 heterocycles. The maximum absolute atomic E-state index is 13.7. The first-order valence-electron chi connectivity index (χ1n) is 7.06. The smallest absolute Gasteiger partial charge is 0.408 e. The van der Waals surface area contributed by atoms with E-state index in [1.54, 1.807) is 26.8 Å². The molecule has 1 rings (SSSR count). The average molecular weight is 327 g/mol. The second-order valence-corrected chi connectivity index (χ2v) is 5.89. The van der Waals surface area contributed by atoms with Gasteiger partial charge in [0.2, 0.25) is 0 Å². The van der Waals surface area contributed by atoms with Crippen molar-refractivity contribution < 1.29 is 28.2 Å². The quantitative estimate of drug-likeness (QED) is 0.841. The van der Waals surface area contributed by atoms with Gasteiger partial charge in [-0.15, -0.1) is 0 Å². The highest BCUT2D eigenvalue weighted by Crippen LogP contribution is 2.19. The summed E-state index contributed by atoms with van der Waals surface area (Å²) in [6, 6.07) is 3.31. The number of ether oxygens (including phenoxy) is 3. The fourth-order valence-electron chi connectivity index (χ4n) is 1.86. The van der Waals surface area contributed by atoms with Gasteiger partial charge < -0.3 is 19.5 Å². The van der Waals surface area contributed by atoms with Gasteiger partial charge in [0.25, 0.3) is 0 Å².